The molecule has 7 nitrogen and oxygen atoms in total. The Hall–Kier alpha value is -2.77. The molecule has 1 aliphatic rings. The highest BCUT2D eigenvalue weighted by Gasteiger charge is 2.19. The number of hydrogen-bond acceptors (Lipinski definition) is 5. The van der Waals surface area contributed by atoms with Crippen molar-refractivity contribution in [1.82, 2.24) is 0 Å². The first-order valence-electron chi connectivity index (χ1n) is 8.13. The van der Waals surface area contributed by atoms with Crippen LogP contribution in [0.5, 0.6) is 0 Å². The van der Waals surface area contributed by atoms with Crippen molar-refractivity contribution in [1.29, 1.82) is 0 Å². The van der Waals surface area contributed by atoms with Crippen molar-refractivity contribution in [3.63, 3.8) is 0 Å². The zero-order valence-corrected chi connectivity index (χ0v) is 14.8. The molecule has 0 aromatic heterocycles. The van der Waals surface area contributed by atoms with Gasteiger partial charge in [0.2, 0.25) is 0 Å². The van der Waals surface area contributed by atoms with Crippen LogP contribution >= 0.6 is 11.6 Å². The minimum Gasteiger partial charge on any atom is -0.398 e. The van der Waals surface area contributed by atoms with Crippen LogP contribution in [0.4, 0.5) is 22.7 Å². The minimum absolute atomic E-state index is 0.306. The van der Waals surface area contributed by atoms with Gasteiger partial charge in [0.25, 0.3) is 0 Å². The van der Waals surface area contributed by atoms with Gasteiger partial charge in [-0.1, -0.05) is 23.7 Å². The Kier molecular flexibility index (Phi) is 5.60. The van der Waals surface area contributed by atoms with E-state index in [0.717, 1.165) is 18.8 Å². The number of morpholine rings is 1. The molecule has 1 heterocycles. The molecule has 1 saturated heterocycles. The van der Waals surface area contributed by atoms with E-state index in [-0.39, 0.29) is 0 Å². The van der Waals surface area contributed by atoms with Gasteiger partial charge in [-0.2, -0.15) is 0 Å². The average molecular weight is 375 g/mol. The number of nitrogens with one attached hydrogen (secondary N) is 2. The smallest absolute Gasteiger partial charge is 0.314 e. The molecule has 2 aromatic rings. The lowest BCUT2D eigenvalue weighted by molar-refractivity contribution is -0.132. The molecule has 1 fully saturated rings. The molecule has 0 saturated carbocycles. The summed E-state index contributed by atoms with van der Waals surface area (Å²) in [5, 5.41) is 5.47. The van der Waals surface area contributed by atoms with Gasteiger partial charge in [0.15, 0.2) is 0 Å². The number of nitrogen functional groups attached to an aromatic ring is 1. The van der Waals surface area contributed by atoms with Crippen LogP contribution in [-0.2, 0) is 14.3 Å². The highest BCUT2D eigenvalue weighted by molar-refractivity contribution is 6.44. The van der Waals surface area contributed by atoms with E-state index in [1.807, 2.05) is 12.1 Å². The number of carbonyl (C=O) groups is 2. The van der Waals surface area contributed by atoms with Crippen LogP contribution in [0.2, 0.25) is 5.02 Å². The van der Waals surface area contributed by atoms with Crippen LogP contribution in [0.15, 0.2) is 42.5 Å². The number of ether oxygens (including phenoxy) is 1. The second-order valence-electron chi connectivity index (χ2n) is 5.76. The molecule has 2 aromatic carbocycles. The van der Waals surface area contributed by atoms with Crippen molar-refractivity contribution < 1.29 is 14.3 Å². The highest BCUT2D eigenvalue weighted by Crippen LogP contribution is 2.26. The van der Waals surface area contributed by atoms with Crippen molar-refractivity contribution in [3.8, 4) is 0 Å². The molecule has 1 aliphatic heterocycles. The fraction of sp³-hybridized carbons (Fsp3) is 0.222. The normalized spacial score (nSPS) is 14.0. The molecular weight excluding hydrogens is 356 g/mol. The molecule has 0 unspecified atom stereocenters. The number of carbonyl (C=O) groups excluding carboxylic acids is 2. The van der Waals surface area contributed by atoms with E-state index in [1.165, 1.54) is 6.07 Å². The molecule has 26 heavy (non-hydrogen) atoms. The van der Waals surface area contributed by atoms with Crippen LogP contribution in [0.25, 0.3) is 0 Å². The number of rotatable bonds is 3. The van der Waals surface area contributed by atoms with Gasteiger partial charge in [0.05, 0.1) is 35.3 Å². The third kappa shape index (κ3) is 4.25. The quantitative estimate of drug-likeness (QED) is 0.566. The summed E-state index contributed by atoms with van der Waals surface area (Å²) in [6.07, 6.45) is 0. The Morgan fingerprint density at radius 2 is 1.73 bits per heavy atom. The van der Waals surface area contributed by atoms with E-state index in [0.29, 0.717) is 35.3 Å². The van der Waals surface area contributed by atoms with Gasteiger partial charge in [-0.05, 0) is 30.3 Å². The summed E-state index contributed by atoms with van der Waals surface area (Å²) in [5.74, 6) is -1.55. The topological polar surface area (TPSA) is 96.7 Å². The number of anilines is 4. The van der Waals surface area contributed by atoms with E-state index >= 15 is 0 Å². The maximum absolute atomic E-state index is 12.3. The number of nitrogens with two attached hydrogens (primary N) is 1. The van der Waals surface area contributed by atoms with Crippen LogP contribution in [0.3, 0.4) is 0 Å². The van der Waals surface area contributed by atoms with Crippen LogP contribution < -0.4 is 21.3 Å². The summed E-state index contributed by atoms with van der Waals surface area (Å²) < 4.78 is 5.35. The van der Waals surface area contributed by atoms with E-state index in [2.05, 4.69) is 15.5 Å². The fourth-order valence-electron chi connectivity index (χ4n) is 2.63. The molecule has 0 radical (unpaired) electrons. The van der Waals surface area contributed by atoms with Crippen molar-refractivity contribution in [2.75, 3.05) is 47.6 Å². The molecule has 0 aliphatic carbocycles. The molecule has 0 spiro atoms. The Labute approximate surface area is 156 Å². The molecule has 4 N–H and O–H groups in total. The standard InChI is InChI=1S/C18H19ClN4O3/c19-13-11-12(5-6-14(13)20)21-17(24)18(25)22-15-3-1-2-4-16(15)23-7-9-26-10-8-23/h1-6,11H,7-10,20H2,(H,21,24)(H,22,25). The average Bonchev–Trinajstić information content (AvgIpc) is 2.66. The molecule has 8 heteroatoms. The second kappa shape index (κ2) is 8.07. The molecule has 3 rings (SSSR count). The third-order valence-corrected chi connectivity index (χ3v) is 4.30. The number of para-hydroxylation sites is 2. The predicted molar refractivity (Wildman–Crippen MR) is 103 cm³/mol. The van der Waals surface area contributed by atoms with E-state index in [9.17, 15) is 9.59 Å². The van der Waals surface area contributed by atoms with Crippen LogP contribution in [-0.4, -0.2) is 38.1 Å². The van der Waals surface area contributed by atoms with Crippen molar-refractivity contribution in [3.05, 3.63) is 47.5 Å². The third-order valence-electron chi connectivity index (χ3n) is 3.97. The summed E-state index contributed by atoms with van der Waals surface area (Å²) in [7, 11) is 0. The first kappa shape index (κ1) is 18.0. The summed E-state index contributed by atoms with van der Waals surface area (Å²) in [5.41, 5.74) is 7.85. The van der Waals surface area contributed by atoms with Gasteiger partial charge in [0.1, 0.15) is 0 Å². The Balaban J connectivity index is 1.69. The maximum atomic E-state index is 12.3. The summed E-state index contributed by atoms with van der Waals surface area (Å²) in [4.78, 5) is 26.6. The summed E-state index contributed by atoms with van der Waals surface area (Å²) >= 11 is 5.92. The number of halogens is 1. The number of amides is 2. The van der Waals surface area contributed by atoms with Gasteiger partial charge in [-0.3, -0.25) is 9.59 Å². The lowest BCUT2D eigenvalue weighted by Gasteiger charge is -2.30. The van der Waals surface area contributed by atoms with Crippen LogP contribution in [0.1, 0.15) is 0 Å². The molecule has 0 atom stereocenters. The first-order chi connectivity index (χ1) is 12.5. The highest BCUT2D eigenvalue weighted by atomic mass is 35.5. The summed E-state index contributed by atoms with van der Waals surface area (Å²) in [6, 6.07) is 12.0. The maximum Gasteiger partial charge on any atom is 0.314 e. The first-order valence-corrected chi connectivity index (χ1v) is 8.51. The van der Waals surface area contributed by atoms with Gasteiger partial charge in [-0.15, -0.1) is 0 Å². The molecule has 136 valence electrons. The zero-order valence-electron chi connectivity index (χ0n) is 14.0. The minimum atomic E-state index is -0.789. The van der Waals surface area contributed by atoms with Gasteiger partial charge in [-0.25, -0.2) is 0 Å². The molecule has 0 bridgehead atoms. The zero-order chi connectivity index (χ0) is 18.5. The van der Waals surface area contributed by atoms with Gasteiger partial charge in [0, 0.05) is 18.8 Å². The Morgan fingerprint density at radius 1 is 1.04 bits per heavy atom. The number of nitrogens with zero attached hydrogens (tertiary/aromatic N) is 1. The van der Waals surface area contributed by atoms with Gasteiger partial charge < -0.3 is 26.0 Å². The lowest BCUT2D eigenvalue weighted by atomic mass is 10.2. The van der Waals surface area contributed by atoms with E-state index in [4.69, 9.17) is 22.1 Å². The Morgan fingerprint density at radius 3 is 2.46 bits per heavy atom. The second-order valence-corrected chi connectivity index (χ2v) is 6.17. The van der Waals surface area contributed by atoms with Crippen molar-refractivity contribution in [2.24, 2.45) is 0 Å². The predicted octanol–water partition coefficient (Wildman–Crippen LogP) is 2.34. The number of hydrogen-bond donors (Lipinski definition) is 3. The van der Waals surface area contributed by atoms with Crippen molar-refractivity contribution >= 4 is 46.2 Å². The monoisotopic (exact) mass is 374 g/mol. The van der Waals surface area contributed by atoms with E-state index in [1.54, 1.807) is 24.3 Å². The van der Waals surface area contributed by atoms with Crippen LogP contribution in [0, 0.1) is 0 Å². The van der Waals surface area contributed by atoms with Crippen molar-refractivity contribution in [2.45, 2.75) is 0 Å². The molecular formula is C18H19ClN4O3. The SMILES string of the molecule is Nc1ccc(NC(=O)C(=O)Nc2ccccc2N2CCOCC2)cc1Cl. The lowest BCUT2D eigenvalue weighted by Crippen LogP contribution is -2.37. The molecule has 2 amide bonds. The van der Waals surface area contributed by atoms with Gasteiger partial charge >= 0.3 is 11.8 Å². The largest absolute Gasteiger partial charge is 0.398 e. The Bertz CT molecular complexity index is 822. The van der Waals surface area contributed by atoms with E-state index < -0.39 is 11.8 Å². The fourth-order valence-corrected chi connectivity index (χ4v) is 2.81. The number of benzene rings is 2. The summed E-state index contributed by atoms with van der Waals surface area (Å²) in [6.45, 7) is 2.70.